The number of imidazole rings is 1. The first-order valence-corrected chi connectivity index (χ1v) is 14.9. The number of terminal acetylenes is 1. The minimum Gasteiger partial charge on any atom is -0.427 e. The Morgan fingerprint density at radius 3 is 2.69 bits per heavy atom. The smallest absolute Gasteiger partial charge is 0.427 e. The van der Waals surface area contributed by atoms with Gasteiger partial charge in [0.25, 0.3) is 0 Å². The SMILES string of the molecule is C#C[C@]1(CO[Si](C)(C)C(C)(C)C)O[C@@H](n2cnc3c(N)nc(F)nc32)C[C@@H]1OC(=O)OCc1oc(=O)oc1C. The molecule has 0 amide bonds. The van der Waals surface area contributed by atoms with E-state index in [2.05, 4.69) is 41.6 Å². The maximum absolute atomic E-state index is 14.0. The molecule has 0 saturated carbocycles. The molecule has 0 radical (unpaired) electrons. The van der Waals surface area contributed by atoms with Gasteiger partial charge in [0, 0.05) is 6.42 Å². The maximum atomic E-state index is 14.0. The van der Waals surface area contributed by atoms with Gasteiger partial charge >= 0.3 is 18.1 Å². The van der Waals surface area contributed by atoms with E-state index in [9.17, 15) is 14.0 Å². The second-order valence-electron chi connectivity index (χ2n) is 10.7. The zero-order valence-corrected chi connectivity index (χ0v) is 23.4. The van der Waals surface area contributed by atoms with E-state index in [0.29, 0.717) is 0 Å². The van der Waals surface area contributed by atoms with Crippen molar-refractivity contribution < 1.29 is 36.7 Å². The van der Waals surface area contributed by atoms with Crippen LogP contribution in [0.15, 0.2) is 20.0 Å². The summed E-state index contributed by atoms with van der Waals surface area (Å²) in [5.41, 5.74) is 4.51. The van der Waals surface area contributed by atoms with E-state index in [-0.39, 0.29) is 46.6 Å². The van der Waals surface area contributed by atoms with Crippen molar-refractivity contribution >= 4 is 31.5 Å². The summed E-state index contributed by atoms with van der Waals surface area (Å²) >= 11 is 0. The Bertz CT molecular complexity index is 1490. The molecule has 1 aliphatic rings. The highest BCUT2D eigenvalue weighted by Crippen LogP contribution is 2.43. The van der Waals surface area contributed by atoms with Crippen LogP contribution in [0.3, 0.4) is 0 Å². The first-order valence-electron chi connectivity index (χ1n) is 12.0. The molecule has 1 aliphatic heterocycles. The number of halogens is 1. The number of nitrogens with zero attached hydrogens (tertiary/aromatic N) is 4. The van der Waals surface area contributed by atoms with Gasteiger partial charge in [-0.1, -0.05) is 26.7 Å². The minimum atomic E-state index is -2.32. The van der Waals surface area contributed by atoms with E-state index in [1.807, 2.05) is 13.1 Å². The Morgan fingerprint density at radius 2 is 2.08 bits per heavy atom. The Balaban J connectivity index is 1.62. The van der Waals surface area contributed by atoms with Gasteiger partial charge in [-0.3, -0.25) is 4.57 Å². The molecule has 0 aliphatic carbocycles. The number of fused-ring (bicyclic) bond motifs is 1. The first-order chi connectivity index (χ1) is 18.2. The van der Waals surface area contributed by atoms with Gasteiger partial charge in [-0.05, 0) is 25.1 Å². The van der Waals surface area contributed by atoms with Crippen LogP contribution in [0.25, 0.3) is 11.2 Å². The normalized spacial score (nSPS) is 21.7. The molecule has 3 aromatic heterocycles. The average molecular weight is 564 g/mol. The lowest BCUT2D eigenvalue weighted by Gasteiger charge is -2.39. The topological polar surface area (TPSA) is 167 Å². The molecule has 3 atom stereocenters. The van der Waals surface area contributed by atoms with E-state index in [1.54, 1.807) is 0 Å². The maximum Gasteiger partial charge on any atom is 0.519 e. The van der Waals surface area contributed by atoms with E-state index >= 15 is 0 Å². The van der Waals surface area contributed by atoms with Gasteiger partial charge in [-0.25, -0.2) is 14.6 Å². The van der Waals surface area contributed by atoms with Crippen molar-refractivity contribution in [3.63, 3.8) is 0 Å². The van der Waals surface area contributed by atoms with Crippen LogP contribution in [0.2, 0.25) is 18.1 Å². The predicted molar refractivity (Wildman–Crippen MR) is 136 cm³/mol. The van der Waals surface area contributed by atoms with Crippen molar-refractivity contribution in [1.82, 2.24) is 19.5 Å². The summed E-state index contributed by atoms with van der Waals surface area (Å²) < 4.78 is 48.4. The molecule has 39 heavy (non-hydrogen) atoms. The number of rotatable bonds is 7. The fraction of sp³-hybridized carbons (Fsp3) is 0.542. The van der Waals surface area contributed by atoms with Gasteiger partial charge in [0.05, 0.1) is 12.9 Å². The third kappa shape index (κ3) is 5.53. The van der Waals surface area contributed by atoms with Crippen LogP contribution < -0.4 is 11.6 Å². The monoisotopic (exact) mass is 563 g/mol. The van der Waals surface area contributed by atoms with E-state index in [4.69, 9.17) is 39.6 Å². The van der Waals surface area contributed by atoms with Crippen molar-refractivity contribution in [1.29, 1.82) is 0 Å². The fourth-order valence-electron chi connectivity index (χ4n) is 3.76. The number of carbonyl (C=O) groups is 1. The number of aromatic nitrogens is 4. The molecule has 0 spiro atoms. The minimum absolute atomic E-state index is 0.0248. The van der Waals surface area contributed by atoms with E-state index in [1.165, 1.54) is 17.8 Å². The number of hydrogen-bond acceptors (Lipinski definition) is 12. The number of carbonyl (C=O) groups excluding carboxylic acids is 1. The standard InChI is InChI=1S/C24H30FN5O8Si/c1-8-24(11-34-39(6,7)23(3,4)5)15(37-21(31)33-10-14-13(2)35-22(32)36-14)9-16(38-24)30-12-27-17-18(26)28-20(25)29-19(17)30/h1,12,15-16H,9-11H2,2-7H3,(H2,26,28,29)/t15-,16+,24+/m0/s1. The van der Waals surface area contributed by atoms with Crippen LogP contribution in [0, 0.1) is 25.3 Å². The summed E-state index contributed by atoms with van der Waals surface area (Å²) in [4.78, 5) is 35.4. The number of hydrogen-bond donors (Lipinski definition) is 1. The lowest BCUT2D eigenvalue weighted by molar-refractivity contribution is -0.0958. The van der Waals surface area contributed by atoms with Gasteiger partial charge in [-0.2, -0.15) is 14.4 Å². The summed E-state index contributed by atoms with van der Waals surface area (Å²) in [6, 6.07) is 0. The molecule has 2 N–H and O–H groups in total. The molecule has 0 unspecified atom stereocenters. The van der Waals surface area contributed by atoms with Gasteiger partial charge < -0.3 is 33.2 Å². The Morgan fingerprint density at radius 1 is 1.36 bits per heavy atom. The molecular weight excluding hydrogens is 533 g/mol. The Kier molecular flexibility index (Phi) is 7.32. The van der Waals surface area contributed by atoms with Gasteiger partial charge in [0.1, 0.15) is 6.23 Å². The molecule has 3 aromatic rings. The van der Waals surface area contributed by atoms with E-state index in [0.717, 1.165) is 0 Å². The summed E-state index contributed by atoms with van der Waals surface area (Å²) in [5.74, 6) is 1.74. The number of nitrogen functional groups attached to an aromatic ring is 1. The molecular formula is C24H30FN5O8Si. The van der Waals surface area contributed by atoms with Crippen molar-refractivity contribution in [3.8, 4) is 12.3 Å². The number of ether oxygens (including phenoxy) is 3. The fourth-order valence-corrected chi connectivity index (χ4v) is 4.76. The highest BCUT2D eigenvalue weighted by molar-refractivity contribution is 6.74. The lowest BCUT2D eigenvalue weighted by Crippen LogP contribution is -2.50. The van der Waals surface area contributed by atoms with Crippen LogP contribution in [0.4, 0.5) is 15.0 Å². The lowest BCUT2D eigenvalue weighted by atomic mass is 9.99. The molecule has 4 rings (SSSR count). The van der Waals surface area contributed by atoms with Crippen molar-refractivity contribution in [2.24, 2.45) is 0 Å². The Hall–Kier alpha value is -3.74. The zero-order chi connectivity index (χ0) is 28.8. The molecule has 4 heterocycles. The molecule has 13 nitrogen and oxygen atoms in total. The van der Waals surface area contributed by atoms with Gasteiger partial charge in [-0.15, -0.1) is 6.42 Å². The Labute approximate surface area is 223 Å². The molecule has 1 saturated heterocycles. The molecule has 0 bridgehead atoms. The summed E-state index contributed by atoms with van der Waals surface area (Å²) in [5, 5.41) is -0.144. The van der Waals surface area contributed by atoms with Crippen LogP contribution in [-0.2, 0) is 25.2 Å². The van der Waals surface area contributed by atoms with Crippen LogP contribution in [0.5, 0.6) is 0 Å². The largest absolute Gasteiger partial charge is 0.519 e. The number of nitrogens with two attached hydrogens (primary N) is 1. The number of aryl methyl sites for hydroxylation is 1. The van der Waals surface area contributed by atoms with Crippen LogP contribution in [-0.4, -0.2) is 52.3 Å². The zero-order valence-electron chi connectivity index (χ0n) is 22.4. The summed E-state index contributed by atoms with van der Waals surface area (Å²) in [7, 11) is -2.32. The second kappa shape index (κ2) is 10.1. The van der Waals surface area contributed by atoms with Crippen molar-refractivity contribution in [3.05, 3.63) is 34.5 Å². The van der Waals surface area contributed by atoms with Crippen LogP contribution >= 0.6 is 0 Å². The third-order valence-electron chi connectivity index (χ3n) is 7.11. The van der Waals surface area contributed by atoms with Crippen molar-refractivity contribution in [2.75, 3.05) is 12.3 Å². The quantitative estimate of drug-likeness (QED) is 0.193. The summed E-state index contributed by atoms with van der Waals surface area (Å²) in [6.45, 7) is 11.3. The first kappa shape index (κ1) is 28.3. The predicted octanol–water partition coefficient (Wildman–Crippen LogP) is 3.44. The second-order valence-corrected chi connectivity index (χ2v) is 15.5. The summed E-state index contributed by atoms with van der Waals surface area (Å²) in [6.07, 6.45) is 3.30. The highest BCUT2D eigenvalue weighted by atomic mass is 28.4. The average Bonchev–Trinajstić information content (AvgIpc) is 3.50. The molecule has 210 valence electrons. The molecule has 15 heteroatoms. The van der Waals surface area contributed by atoms with E-state index < -0.39 is 50.9 Å². The molecule has 1 fully saturated rings. The van der Waals surface area contributed by atoms with Gasteiger partial charge in [0.15, 0.2) is 55.1 Å². The number of anilines is 1. The van der Waals surface area contributed by atoms with Crippen molar-refractivity contribution in [2.45, 2.75) is 76.8 Å². The highest BCUT2D eigenvalue weighted by Gasteiger charge is 2.53. The third-order valence-corrected chi connectivity index (χ3v) is 11.6. The molecule has 0 aromatic carbocycles. The van der Waals surface area contributed by atoms with Crippen LogP contribution in [0.1, 0.15) is 44.9 Å². The van der Waals surface area contributed by atoms with Gasteiger partial charge in [0.2, 0.25) is 0 Å².